The van der Waals surface area contributed by atoms with E-state index in [2.05, 4.69) is 25.5 Å². The lowest BCUT2D eigenvalue weighted by molar-refractivity contribution is 0.0735. The number of nitrogens with one attached hydrogen (secondary N) is 1. The molecule has 0 aliphatic carbocycles. The molecule has 2 aliphatic rings. The van der Waals surface area contributed by atoms with Crippen molar-refractivity contribution in [2.75, 3.05) is 18.0 Å². The molecule has 0 amide bonds. The molecule has 2 aromatic heterocycles. The van der Waals surface area contributed by atoms with E-state index in [1.165, 1.54) is 23.3 Å². The van der Waals surface area contributed by atoms with Gasteiger partial charge in [0.05, 0.1) is 29.2 Å². The summed E-state index contributed by atoms with van der Waals surface area (Å²) in [5.74, 6) is -0.392. The van der Waals surface area contributed by atoms with Gasteiger partial charge in [0, 0.05) is 17.9 Å². The molecular formula is C22H24FN7O. The van der Waals surface area contributed by atoms with Crippen LogP contribution in [-0.2, 0) is 0 Å². The minimum atomic E-state index is -0.611. The maximum absolute atomic E-state index is 15.1. The number of halogens is 1. The van der Waals surface area contributed by atoms with Gasteiger partial charge in [0.15, 0.2) is 5.78 Å². The first-order valence-electron chi connectivity index (χ1n) is 10.5. The molecule has 4 heterocycles. The van der Waals surface area contributed by atoms with Gasteiger partial charge in [-0.15, -0.1) is 0 Å². The second-order valence-corrected chi connectivity index (χ2v) is 8.34. The van der Waals surface area contributed by atoms with E-state index in [9.17, 15) is 4.79 Å². The summed E-state index contributed by atoms with van der Waals surface area (Å²) in [5.41, 5.74) is 1.56. The predicted octanol–water partition coefficient (Wildman–Crippen LogP) is 2.40. The van der Waals surface area contributed by atoms with E-state index in [0.717, 1.165) is 37.2 Å². The van der Waals surface area contributed by atoms with Crippen LogP contribution in [0.25, 0.3) is 5.69 Å². The Bertz CT molecular complexity index is 1100. The van der Waals surface area contributed by atoms with Gasteiger partial charge in [0.25, 0.3) is 0 Å². The predicted molar refractivity (Wildman–Crippen MR) is 113 cm³/mol. The first-order valence-corrected chi connectivity index (χ1v) is 10.5. The van der Waals surface area contributed by atoms with Gasteiger partial charge in [-0.1, -0.05) is 12.5 Å². The maximum Gasteiger partial charge on any atom is 0.226 e. The molecule has 0 radical (unpaired) electrons. The highest BCUT2D eigenvalue weighted by atomic mass is 19.1. The highest BCUT2D eigenvalue weighted by Crippen LogP contribution is 2.40. The van der Waals surface area contributed by atoms with Crippen LogP contribution < -0.4 is 10.2 Å². The summed E-state index contributed by atoms with van der Waals surface area (Å²) in [7, 11) is 0. The molecule has 2 unspecified atom stereocenters. The van der Waals surface area contributed by atoms with Crippen LogP contribution in [0.2, 0.25) is 0 Å². The van der Waals surface area contributed by atoms with Crippen molar-refractivity contribution in [3.8, 4) is 5.69 Å². The lowest BCUT2D eigenvalue weighted by atomic mass is 9.71. The quantitative estimate of drug-likeness (QED) is 0.647. The van der Waals surface area contributed by atoms with E-state index >= 15 is 4.39 Å². The molecule has 1 aromatic carbocycles. The molecule has 31 heavy (non-hydrogen) atoms. The van der Waals surface area contributed by atoms with Gasteiger partial charge in [-0.2, -0.15) is 15.0 Å². The van der Waals surface area contributed by atoms with Crippen LogP contribution in [0.5, 0.6) is 0 Å². The first-order chi connectivity index (χ1) is 15.0. The Labute approximate surface area is 179 Å². The number of rotatable bonds is 4. The number of hydrogen-bond acceptors (Lipinski definition) is 7. The van der Waals surface area contributed by atoms with Crippen LogP contribution in [0.1, 0.15) is 41.0 Å². The monoisotopic (exact) mass is 421 g/mol. The molecule has 1 spiro atoms. The summed E-state index contributed by atoms with van der Waals surface area (Å²) in [6.45, 7) is 5.25. The largest absolute Gasteiger partial charge is 0.326 e. The van der Waals surface area contributed by atoms with Crippen LogP contribution in [0.4, 0.5) is 10.3 Å². The summed E-state index contributed by atoms with van der Waals surface area (Å²) in [6, 6.07) is 5.81. The highest BCUT2D eigenvalue weighted by molar-refractivity contribution is 6.07. The topological polar surface area (TPSA) is 88.8 Å². The molecule has 0 bridgehead atoms. The minimum absolute atomic E-state index is 0.00970. The van der Waals surface area contributed by atoms with Crippen LogP contribution >= 0.6 is 0 Å². The van der Waals surface area contributed by atoms with E-state index in [-0.39, 0.29) is 11.3 Å². The summed E-state index contributed by atoms with van der Waals surface area (Å²) < 4.78 is 15.1. The average molecular weight is 421 g/mol. The summed E-state index contributed by atoms with van der Waals surface area (Å²) >= 11 is 0. The molecule has 1 N–H and O–H groups in total. The second-order valence-electron chi connectivity index (χ2n) is 8.34. The van der Waals surface area contributed by atoms with Crippen molar-refractivity contribution in [3.63, 3.8) is 0 Å². The number of Topliss-reactive ketones (excluding diaryl/α,β-unsaturated/α-hetero) is 1. The number of anilines is 1. The normalized spacial score (nSPS) is 23.1. The number of nitrogens with zero attached hydrogens (tertiary/aromatic N) is 6. The molecule has 0 saturated carbocycles. The van der Waals surface area contributed by atoms with Gasteiger partial charge in [-0.3, -0.25) is 4.79 Å². The highest BCUT2D eigenvalue weighted by Gasteiger charge is 2.58. The Balaban J connectivity index is 1.60. The Hall–Kier alpha value is -3.20. The minimum Gasteiger partial charge on any atom is -0.326 e. The summed E-state index contributed by atoms with van der Waals surface area (Å²) in [6.07, 6.45) is 5.92. The fourth-order valence-corrected chi connectivity index (χ4v) is 4.84. The lowest BCUT2D eigenvalue weighted by Crippen LogP contribution is -2.79. The van der Waals surface area contributed by atoms with Crippen molar-refractivity contribution in [2.45, 2.75) is 44.7 Å². The van der Waals surface area contributed by atoms with Crippen molar-refractivity contribution in [1.29, 1.82) is 0 Å². The molecule has 9 heteroatoms. The molecule has 2 saturated heterocycles. The van der Waals surface area contributed by atoms with Gasteiger partial charge < -0.3 is 10.2 Å². The van der Waals surface area contributed by atoms with Gasteiger partial charge in [0.1, 0.15) is 11.9 Å². The zero-order chi connectivity index (χ0) is 21.6. The van der Waals surface area contributed by atoms with E-state index in [0.29, 0.717) is 18.2 Å². The number of carbonyl (C=O) groups is 1. The van der Waals surface area contributed by atoms with E-state index in [1.807, 2.05) is 24.8 Å². The van der Waals surface area contributed by atoms with Crippen LogP contribution in [0, 0.1) is 19.7 Å². The van der Waals surface area contributed by atoms with E-state index < -0.39 is 17.4 Å². The maximum atomic E-state index is 15.1. The van der Waals surface area contributed by atoms with Crippen molar-refractivity contribution >= 4 is 11.7 Å². The Morgan fingerprint density at radius 2 is 1.90 bits per heavy atom. The Morgan fingerprint density at radius 1 is 1.16 bits per heavy atom. The Morgan fingerprint density at radius 3 is 2.58 bits per heavy atom. The van der Waals surface area contributed by atoms with Gasteiger partial charge in [-0.25, -0.2) is 14.4 Å². The number of carbonyl (C=O) groups excluding carboxylic acids is 1. The van der Waals surface area contributed by atoms with Crippen molar-refractivity contribution in [1.82, 2.24) is 30.3 Å². The molecule has 2 atom stereocenters. The molecule has 3 aromatic rings. The fraction of sp³-hybridized carbons (Fsp3) is 0.409. The third kappa shape index (κ3) is 3.29. The first kappa shape index (κ1) is 19.7. The van der Waals surface area contributed by atoms with Crippen LogP contribution in [0.15, 0.2) is 36.7 Å². The number of aromatic nitrogens is 5. The van der Waals surface area contributed by atoms with Crippen LogP contribution in [-0.4, -0.2) is 55.4 Å². The number of aryl methyl sites for hydroxylation is 2. The summed E-state index contributed by atoms with van der Waals surface area (Å²) in [5, 5.41) is 11.8. The standard InChI is InChI=1S/C22H24FN7O/c1-14-12-15(2)28-21(27-14)29-13-22(8-3-4-9-24-22)20(29)19(31)18-16(23)6-5-7-17(18)30-25-10-11-26-30/h5-7,10-12,20,24H,3-4,8-9,13H2,1-2H3. The molecule has 2 fully saturated rings. The zero-order valence-electron chi connectivity index (χ0n) is 17.5. The van der Waals surface area contributed by atoms with E-state index in [4.69, 9.17) is 0 Å². The van der Waals surface area contributed by atoms with Gasteiger partial charge >= 0.3 is 0 Å². The molecule has 5 rings (SSSR count). The Kier molecular flexibility index (Phi) is 4.77. The van der Waals surface area contributed by atoms with Crippen LogP contribution in [0.3, 0.4) is 0 Å². The third-order valence-electron chi connectivity index (χ3n) is 6.16. The number of piperidine rings is 1. The van der Waals surface area contributed by atoms with Gasteiger partial charge in [-0.05, 0) is 51.4 Å². The molecule has 160 valence electrons. The number of ketones is 1. The lowest BCUT2D eigenvalue weighted by Gasteiger charge is -2.58. The molecular weight excluding hydrogens is 397 g/mol. The van der Waals surface area contributed by atoms with Crippen molar-refractivity contribution < 1.29 is 9.18 Å². The van der Waals surface area contributed by atoms with Crippen molar-refractivity contribution in [3.05, 3.63) is 59.4 Å². The third-order valence-corrected chi connectivity index (χ3v) is 6.16. The SMILES string of the molecule is Cc1cc(C)nc(N2CC3(CCCCN3)C2C(=O)c2c(F)cccc2-n2nccn2)n1. The smallest absolute Gasteiger partial charge is 0.226 e. The van der Waals surface area contributed by atoms with E-state index in [1.54, 1.807) is 12.1 Å². The fourth-order valence-electron chi connectivity index (χ4n) is 4.84. The molecule has 2 aliphatic heterocycles. The zero-order valence-corrected chi connectivity index (χ0v) is 17.5. The van der Waals surface area contributed by atoms with Gasteiger partial charge in [0.2, 0.25) is 5.95 Å². The summed E-state index contributed by atoms with van der Waals surface area (Å²) in [4.78, 5) is 26.3. The second kappa shape index (κ2) is 7.49. The van der Waals surface area contributed by atoms with Crippen molar-refractivity contribution in [2.24, 2.45) is 0 Å². The average Bonchev–Trinajstić information content (AvgIpc) is 3.26. The molecule has 8 nitrogen and oxygen atoms in total. The number of hydrogen-bond donors (Lipinski definition) is 1. The number of benzene rings is 1.